The largest absolute Gasteiger partial charge is 0.479 e. The minimum Gasteiger partial charge on any atom is -0.479 e. The zero-order chi connectivity index (χ0) is 23.8. The zero-order valence-corrected chi connectivity index (χ0v) is 20.4. The van der Waals surface area contributed by atoms with Crippen molar-refractivity contribution in [2.24, 2.45) is 5.41 Å². The third kappa shape index (κ3) is 5.24. The Kier molecular flexibility index (Phi) is 6.87. The van der Waals surface area contributed by atoms with Crippen LogP contribution in [0.15, 0.2) is 24.4 Å². The number of nitrogens with zero attached hydrogens (tertiary/aromatic N) is 2. The van der Waals surface area contributed by atoms with Crippen molar-refractivity contribution in [3.05, 3.63) is 46.5 Å². The molecule has 1 aliphatic rings. The van der Waals surface area contributed by atoms with E-state index in [0.717, 1.165) is 25.9 Å². The predicted molar refractivity (Wildman–Crippen MR) is 126 cm³/mol. The topological polar surface area (TPSA) is 62.7 Å². The van der Waals surface area contributed by atoms with E-state index in [2.05, 4.69) is 23.7 Å². The predicted octanol–water partition coefficient (Wildman–Crippen LogP) is 6.42. The number of aliphatic carboxylic acids is 1. The number of aryl methyl sites for hydroxylation is 1. The van der Waals surface area contributed by atoms with Gasteiger partial charge in [0.15, 0.2) is 6.10 Å². The Balaban J connectivity index is 2.28. The minimum absolute atomic E-state index is 0.0103. The second kappa shape index (κ2) is 8.99. The second-order valence-electron chi connectivity index (χ2n) is 10.2. The van der Waals surface area contributed by atoms with Crippen molar-refractivity contribution >= 4 is 23.3 Å². The summed E-state index contributed by atoms with van der Waals surface area (Å²) in [6.07, 6.45) is 2.24. The fraction of sp³-hybridized carbons (Fsp3) is 0.520. The molecule has 1 aromatic carbocycles. The van der Waals surface area contributed by atoms with Crippen molar-refractivity contribution in [2.75, 3.05) is 18.0 Å². The van der Waals surface area contributed by atoms with Gasteiger partial charge in [0, 0.05) is 41.7 Å². The number of ether oxygens (including phenoxy) is 1. The van der Waals surface area contributed by atoms with Gasteiger partial charge in [-0.25, -0.2) is 9.18 Å². The first-order valence-corrected chi connectivity index (χ1v) is 11.3. The van der Waals surface area contributed by atoms with E-state index in [1.165, 1.54) is 6.07 Å². The van der Waals surface area contributed by atoms with Crippen molar-refractivity contribution in [2.45, 2.75) is 66.1 Å². The highest BCUT2D eigenvalue weighted by molar-refractivity contribution is 6.31. The van der Waals surface area contributed by atoms with E-state index in [9.17, 15) is 9.90 Å². The number of benzene rings is 1. The van der Waals surface area contributed by atoms with Crippen LogP contribution in [0.3, 0.4) is 0 Å². The molecule has 0 radical (unpaired) electrons. The standard InChI is InChI=1S/C25H32ClFN2O3/c1-15-19(22(23(30)31)32-24(2,3)4)21(29-12-10-25(5,6)11-13-29)17(14-28-15)16-8-7-9-18(26)20(16)27/h7-9,14,22H,10-13H2,1-6H3,(H,30,31). The molecule has 1 saturated heterocycles. The Bertz CT molecular complexity index is 1010. The first-order valence-electron chi connectivity index (χ1n) is 10.9. The minimum atomic E-state index is -1.24. The summed E-state index contributed by atoms with van der Waals surface area (Å²) in [4.78, 5) is 19.0. The van der Waals surface area contributed by atoms with Gasteiger partial charge in [0.1, 0.15) is 5.82 Å². The number of rotatable bonds is 5. The average molecular weight is 463 g/mol. The Morgan fingerprint density at radius 1 is 1.25 bits per heavy atom. The molecule has 32 heavy (non-hydrogen) atoms. The van der Waals surface area contributed by atoms with Crippen LogP contribution in [0.5, 0.6) is 0 Å². The molecular formula is C25H32ClFN2O3. The van der Waals surface area contributed by atoms with E-state index in [0.29, 0.717) is 28.1 Å². The van der Waals surface area contributed by atoms with Crippen LogP contribution in [0, 0.1) is 18.2 Å². The summed E-state index contributed by atoms with van der Waals surface area (Å²) in [6.45, 7) is 13.1. The number of carboxylic acid groups (broad SMARTS) is 1. The molecule has 1 fully saturated rings. The Morgan fingerprint density at radius 2 is 1.88 bits per heavy atom. The number of pyridine rings is 1. The molecule has 1 aromatic heterocycles. The molecule has 0 amide bonds. The Labute approximate surface area is 194 Å². The lowest BCUT2D eigenvalue weighted by Crippen LogP contribution is -2.39. The smallest absolute Gasteiger partial charge is 0.337 e. The van der Waals surface area contributed by atoms with Gasteiger partial charge in [-0.2, -0.15) is 0 Å². The van der Waals surface area contributed by atoms with Gasteiger partial charge >= 0.3 is 5.97 Å². The summed E-state index contributed by atoms with van der Waals surface area (Å²) in [5.41, 5.74) is 1.98. The first-order chi connectivity index (χ1) is 14.8. The van der Waals surface area contributed by atoms with Gasteiger partial charge in [-0.15, -0.1) is 0 Å². The molecule has 1 aliphatic heterocycles. The number of hydrogen-bond donors (Lipinski definition) is 1. The third-order valence-corrected chi connectivity index (χ3v) is 6.21. The number of carboxylic acids is 1. The first kappa shape index (κ1) is 24.5. The molecule has 0 spiro atoms. The lowest BCUT2D eigenvalue weighted by molar-refractivity contribution is -0.160. The van der Waals surface area contributed by atoms with Gasteiger partial charge in [0.2, 0.25) is 0 Å². The summed E-state index contributed by atoms with van der Waals surface area (Å²) < 4.78 is 21.1. The summed E-state index contributed by atoms with van der Waals surface area (Å²) in [5.74, 6) is -1.65. The molecule has 1 atom stereocenters. The van der Waals surface area contributed by atoms with E-state index in [4.69, 9.17) is 16.3 Å². The quantitative estimate of drug-likeness (QED) is 0.555. The maximum absolute atomic E-state index is 15.1. The molecule has 0 bridgehead atoms. The van der Waals surface area contributed by atoms with Crippen LogP contribution in [-0.4, -0.2) is 34.8 Å². The number of carbonyl (C=O) groups is 1. The molecular weight excluding hydrogens is 431 g/mol. The molecule has 3 rings (SSSR count). The van der Waals surface area contributed by atoms with E-state index >= 15 is 4.39 Å². The molecule has 1 N–H and O–H groups in total. The van der Waals surface area contributed by atoms with Gasteiger partial charge in [0.05, 0.1) is 16.3 Å². The monoisotopic (exact) mass is 462 g/mol. The normalized spacial score (nSPS) is 17.3. The second-order valence-corrected chi connectivity index (χ2v) is 10.6. The van der Waals surface area contributed by atoms with Crippen LogP contribution in [-0.2, 0) is 9.53 Å². The highest BCUT2D eigenvalue weighted by Gasteiger charge is 2.36. The van der Waals surface area contributed by atoms with Crippen molar-refractivity contribution < 1.29 is 19.0 Å². The molecule has 7 heteroatoms. The molecule has 1 unspecified atom stereocenters. The van der Waals surface area contributed by atoms with Crippen LogP contribution in [0.2, 0.25) is 5.02 Å². The molecule has 5 nitrogen and oxygen atoms in total. The van der Waals surface area contributed by atoms with Gasteiger partial charge in [0.25, 0.3) is 0 Å². The van der Waals surface area contributed by atoms with E-state index in [1.807, 2.05) is 20.8 Å². The van der Waals surface area contributed by atoms with Gasteiger partial charge in [-0.1, -0.05) is 37.6 Å². The van der Waals surface area contributed by atoms with E-state index in [1.54, 1.807) is 25.3 Å². The third-order valence-electron chi connectivity index (χ3n) is 5.92. The molecule has 0 aliphatic carbocycles. The van der Waals surface area contributed by atoms with Crippen molar-refractivity contribution in [3.8, 4) is 11.1 Å². The number of halogens is 2. The Morgan fingerprint density at radius 3 is 2.44 bits per heavy atom. The summed E-state index contributed by atoms with van der Waals surface area (Å²) >= 11 is 6.08. The zero-order valence-electron chi connectivity index (χ0n) is 19.6. The van der Waals surface area contributed by atoms with Crippen molar-refractivity contribution in [1.82, 2.24) is 4.98 Å². The van der Waals surface area contributed by atoms with Gasteiger partial charge in [-0.3, -0.25) is 4.98 Å². The van der Waals surface area contributed by atoms with Crippen LogP contribution in [0.4, 0.5) is 10.1 Å². The van der Waals surface area contributed by atoms with Gasteiger partial charge in [-0.05, 0) is 52.0 Å². The maximum atomic E-state index is 15.1. The van der Waals surface area contributed by atoms with Crippen LogP contribution >= 0.6 is 11.6 Å². The lowest BCUT2D eigenvalue weighted by Gasteiger charge is -2.41. The molecule has 174 valence electrons. The number of piperidine rings is 1. The number of aromatic nitrogens is 1. The fourth-order valence-corrected chi connectivity index (χ4v) is 4.27. The number of anilines is 1. The van der Waals surface area contributed by atoms with Gasteiger partial charge < -0.3 is 14.7 Å². The number of hydrogen-bond acceptors (Lipinski definition) is 4. The van der Waals surface area contributed by atoms with Crippen molar-refractivity contribution in [1.29, 1.82) is 0 Å². The summed E-state index contributed by atoms with van der Waals surface area (Å²) in [5, 5.41) is 10.1. The molecule has 0 saturated carbocycles. The van der Waals surface area contributed by atoms with E-state index in [-0.39, 0.29) is 10.4 Å². The highest BCUT2D eigenvalue weighted by atomic mass is 35.5. The van der Waals surface area contributed by atoms with Crippen LogP contribution in [0.25, 0.3) is 11.1 Å². The summed E-state index contributed by atoms with van der Waals surface area (Å²) in [7, 11) is 0. The maximum Gasteiger partial charge on any atom is 0.337 e. The van der Waals surface area contributed by atoms with Crippen LogP contribution in [0.1, 0.15) is 64.8 Å². The van der Waals surface area contributed by atoms with Crippen LogP contribution < -0.4 is 4.90 Å². The molecule has 2 heterocycles. The highest BCUT2D eigenvalue weighted by Crippen LogP contribution is 2.44. The van der Waals surface area contributed by atoms with Crippen molar-refractivity contribution in [3.63, 3.8) is 0 Å². The fourth-order valence-electron chi connectivity index (χ4n) is 4.09. The SMILES string of the molecule is Cc1ncc(-c2cccc(Cl)c2F)c(N2CCC(C)(C)CC2)c1C(OC(C)(C)C)C(=O)O. The summed E-state index contributed by atoms with van der Waals surface area (Å²) in [6, 6.07) is 4.83. The Hall–Kier alpha value is -2.18. The lowest BCUT2D eigenvalue weighted by atomic mass is 9.82. The van der Waals surface area contributed by atoms with E-state index < -0.39 is 23.5 Å². The molecule has 2 aromatic rings. The average Bonchev–Trinajstić information content (AvgIpc) is 2.68.